The summed E-state index contributed by atoms with van der Waals surface area (Å²) in [6.07, 6.45) is 7.22. The molecule has 22 heavy (non-hydrogen) atoms. The van der Waals surface area contributed by atoms with Gasteiger partial charge in [-0.25, -0.2) is 0 Å². The number of nitrogens with zero attached hydrogens (tertiary/aromatic N) is 1. The fourth-order valence-corrected chi connectivity index (χ4v) is 2.73. The second kappa shape index (κ2) is 9.70. The van der Waals surface area contributed by atoms with E-state index in [-0.39, 0.29) is 0 Å². The second-order valence-corrected chi connectivity index (χ2v) is 5.66. The summed E-state index contributed by atoms with van der Waals surface area (Å²) >= 11 is 0. The molecule has 1 saturated heterocycles. The van der Waals surface area contributed by atoms with E-state index in [1.807, 2.05) is 18.2 Å². The Bertz CT molecular complexity index is 430. The standard InChI is InChI=1S/C18H28NO3/c1-20-17-9-8-16(14-18(17)21-2)15-22-13-7-6-12-19-10-4-3-5-11-19/h3,8-9,14H,4-7,10-13,15H2,1-2H3. The molecule has 1 aromatic rings. The molecule has 1 heterocycles. The maximum Gasteiger partial charge on any atom is 0.161 e. The summed E-state index contributed by atoms with van der Waals surface area (Å²) in [4.78, 5) is 2.55. The monoisotopic (exact) mass is 306 g/mol. The predicted molar refractivity (Wildman–Crippen MR) is 88.4 cm³/mol. The molecule has 4 heteroatoms. The van der Waals surface area contributed by atoms with Crippen LogP contribution in [0.4, 0.5) is 0 Å². The van der Waals surface area contributed by atoms with Gasteiger partial charge in [0.15, 0.2) is 11.5 Å². The molecule has 123 valence electrons. The third kappa shape index (κ3) is 5.50. The summed E-state index contributed by atoms with van der Waals surface area (Å²) in [5.74, 6) is 1.51. The molecule has 0 aliphatic carbocycles. The molecule has 0 unspecified atom stereocenters. The first-order chi connectivity index (χ1) is 10.8. The molecule has 2 rings (SSSR count). The lowest BCUT2D eigenvalue weighted by atomic mass is 10.1. The van der Waals surface area contributed by atoms with Gasteiger partial charge in [0.2, 0.25) is 0 Å². The molecular formula is C18H28NO3. The highest BCUT2D eigenvalue weighted by atomic mass is 16.5. The molecule has 1 radical (unpaired) electrons. The van der Waals surface area contributed by atoms with Gasteiger partial charge in [0.1, 0.15) is 0 Å². The fourth-order valence-electron chi connectivity index (χ4n) is 2.73. The number of ether oxygens (including phenoxy) is 3. The molecule has 0 bridgehead atoms. The van der Waals surface area contributed by atoms with E-state index in [9.17, 15) is 0 Å². The van der Waals surface area contributed by atoms with Gasteiger partial charge < -0.3 is 19.1 Å². The summed E-state index contributed by atoms with van der Waals surface area (Å²) in [7, 11) is 3.30. The molecule has 0 spiro atoms. The number of benzene rings is 1. The highest BCUT2D eigenvalue weighted by molar-refractivity contribution is 5.42. The first kappa shape index (κ1) is 17.1. The SMILES string of the molecule is COc1ccc(COCCCCN2CC[CH]CC2)cc1OC. The molecule has 0 amide bonds. The number of piperidine rings is 1. The zero-order chi connectivity index (χ0) is 15.6. The molecule has 0 N–H and O–H groups in total. The maximum atomic E-state index is 5.76. The van der Waals surface area contributed by atoms with Crippen molar-refractivity contribution in [1.29, 1.82) is 0 Å². The highest BCUT2D eigenvalue weighted by Gasteiger charge is 2.09. The molecule has 1 fully saturated rings. The van der Waals surface area contributed by atoms with Gasteiger partial charge in [0.25, 0.3) is 0 Å². The van der Waals surface area contributed by atoms with Gasteiger partial charge in [0.05, 0.1) is 20.8 Å². The van der Waals surface area contributed by atoms with Crippen LogP contribution in [0.2, 0.25) is 0 Å². The number of rotatable bonds is 9. The molecule has 1 aliphatic heterocycles. The van der Waals surface area contributed by atoms with Gasteiger partial charge >= 0.3 is 0 Å². The van der Waals surface area contributed by atoms with E-state index in [1.54, 1.807) is 14.2 Å². The Morgan fingerprint density at radius 2 is 1.77 bits per heavy atom. The molecule has 4 nitrogen and oxygen atoms in total. The summed E-state index contributed by atoms with van der Waals surface area (Å²) in [6.45, 7) is 5.10. The maximum absolute atomic E-state index is 5.76. The van der Waals surface area contributed by atoms with Crippen molar-refractivity contribution in [1.82, 2.24) is 4.90 Å². The zero-order valence-electron chi connectivity index (χ0n) is 13.8. The second-order valence-electron chi connectivity index (χ2n) is 5.66. The average Bonchev–Trinajstić information content (AvgIpc) is 2.58. The van der Waals surface area contributed by atoms with Crippen molar-refractivity contribution < 1.29 is 14.2 Å². The van der Waals surface area contributed by atoms with Crippen LogP contribution in [0.3, 0.4) is 0 Å². The number of hydrogen-bond acceptors (Lipinski definition) is 4. The lowest BCUT2D eigenvalue weighted by molar-refractivity contribution is 0.113. The van der Waals surface area contributed by atoms with Gasteiger partial charge in [-0.1, -0.05) is 6.07 Å². The predicted octanol–water partition coefficient (Wildman–Crippen LogP) is 3.30. The van der Waals surface area contributed by atoms with Gasteiger partial charge in [-0.3, -0.25) is 0 Å². The van der Waals surface area contributed by atoms with Crippen molar-refractivity contribution in [3.8, 4) is 11.5 Å². The van der Waals surface area contributed by atoms with Crippen LogP contribution in [0.5, 0.6) is 11.5 Å². The Morgan fingerprint density at radius 1 is 1.00 bits per heavy atom. The first-order valence-electron chi connectivity index (χ1n) is 8.16. The van der Waals surface area contributed by atoms with Crippen LogP contribution in [0, 0.1) is 6.42 Å². The molecule has 1 aromatic carbocycles. The van der Waals surface area contributed by atoms with Crippen LogP contribution in [0.25, 0.3) is 0 Å². The lowest BCUT2D eigenvalue weighted by Crippen LogP contribution is -2.30. The molecule has 0 atom stereocenters. The topological polar surface area (TPSA) is 30.9 Å². The quantitative estimate of drug-likeness (QED) is 0.655. The summed E-state index contributed by atoms with van der Waals surface area (Å²) in [5, 5.41) is 0. The zero-order valence-corrected chi connectivity index (χ0v) is 13.8. The van der Waals surface area contributed by atoms with E-state index >= 15 is 0 Å². The highest BCUT2D eigenvalue weighted by Crippen LogP contribution is 2.27. The van der Waals surface area contributed by atoms with E-state index in [1.165, 1.54) is 38.9 Å². The van der Waals surface area contributed by atoms with Crippen molar-refractivity contribution in [3.63, 3.8) is 0 Å². The smallest absolute Gasteiger partial charge is 0.161 e. The van der Waals surface area contributed by atoms with Crippen LogP contribution in [0.1, 0.15) is 31.2 Å². The Labute approximate surface area is 134 Å². The number of hydrogen-bond donors (Lipinski definition) is 0. The Kier molecular flexibility index (Phi) is 7.54. The van der Waals surface area contributed by atoms with Crippen molar-refractivity contribution in [2.24, 2.45) is 0 Å². The van der Waals surface area contributed by atoms with Crippen molar-refractivity contribution in [2.45, 2.75) is 32.3 Å². The van der Waals surface area contributed by atoms with Crippen LogP contribution >= 0.6 is 0 Å². The van der Waals surface area contributed by atoms with Gasteiger partial charge in [-0.15, -0.1) is 0 Å². The van der Waals surface area contributed by atoms with Crippen molar-refractivity contribution >= 4 is 0 Å². The van der Waals surface area contributed by atoms with Gasteiger partial charge in [-0.05, 0) is 69.4 Å². The number of likely N-dealkylation sites (tertiary alicyclic amines) is 1. The minimum absolute atomic E-state index is 0.624. The third-order valence-electron chi connectivity index (χ3n) is 4.03. The number of methoxy groups -OCH3 is 2. The largest absolute Gasteiger partial charge is 0.493 e. The molecule has 1 aliphatic rings. The van der Waals surface area contributed by atoms with E-state index in [0.717, 1.165) is 30.1 Å². The summed E-state index contributed by atoms with van der Waals surface area (Å²) in [5.41, 5.74) is 1.12. The van der Waals surface area contributed by atoms with E-state index < -0.39 is 0 Å². The van der Waals surface area contributed by atoms with Crippen molar-refractivity contribution in [2.75, 3.05) is 40.5 Å². The minimum atomic E-state index is 0.624. The molecular weight excluding hydrogens is 278 g/mol. The normalized spacial score (nSPS) is 15.7. The Hall–Kier alpha value is -1.26. The molecule has 0 saturated carbocycles. The Morgan fingerprint density at radius 3 is 2.50 bits per heavy atom. The minimum Gasteiger partial charge on any atom is -0.493 e. The van der Waals surface area contributed by atoms with E-state index in [0.29, 0.717) is 6.61 Å². The Balaban J connectivity index is 1.60. The summed E-state index contributed by atoms with van der Waals surface area (Å²) in [6, 6.07) is 5.92. The van der Waals surface area contributed by atoms with Crippen LogP contribution in [0.15, 0.2) is 18.2 Å². The van der Waals surface area contributed by atoms with E-state index in [2.05, 4.69) is 11.3 Å². The van der Waals surface area contributed by atoms with Crippen LogP contribution < -0.4 is 9.47 Å². The number of unbranched alkanes of at least 4 members (excludes halogenated alkanes) is 1. The fraction of sp³-hybridized carbons (Fsp3) is 0.611. The lowest BCUT2D eigenvalue weighted by Gasteiger charge is -2.26. The third-order valence-corrected chi connectivity index (χ3v) is 4.03. The van der Waals surface area contributed by atoms with Crippen molar-refractivity contribution in [3.05, 3.63) is 30.2 Å². The first-order valence-corrected chi connectivity index (χ1v) is 8.16. The van der Waals surface area contributed by atoms with Crippen LogP contribution in [-0.2, 0) is 11.3 Å². The van der Waals surface area contributed by atoms with Gasteiger partial charge in [-0.2, -0.15) is 0 Å². The van der Waals surface area contributed by atoms with Gasteiger partial charge in [0, 0.05) is 6.61 Å². The van der Waals surface area contributed by atoms with E-state index in [4.69, 9.17) is 14.2 Å². The average molecular weight is 306 g/mol. The van der Waals surface area contributed by atoms with Crippen LogP contribution in [-0.4, -0.2) is 45.4 Å². The molecule has 0 aromatic heterocycles. The summed E-state index contributed by atoms with van der Waals surface area (Å²) < 4.78 is 16.3.